The Hall–Kier alpha value is -2.61. The van der Waals surface area contributed by atoms with Gasteiger partial charge in [-0.2, -0.15) is 0 Å². The normalized spacial score (nSPS) is 14.2. The highest BCUT2D eigenvalue weighted by Gasteiger charge is 2.15. The second kappa shape index (κ2) is 11.5. The van der Waals surface area contributed by atoms with Crippen molar-refractivity contribution in [3.63, 3.8) is 0 Å². The summed E-state index contributed by atoms with van der Waals surface area (Å²) in [5.41, 5.74) is 2.27. The molecule has 1 aliphatic rings. The van der Waals surface area contributed by atoms with Crippen LogP contribution in [0.2, 0.25) is 0 Å². The number of nitrogens with one attached hydrogen (secondary N) is 2. The van der Waals surface area contributed by atoms with Gasteiger partial charge in [0.2, 0.25) is 0 Å². The monoisotopic (exact) mass is 414 g/mol. The van der Waals surface area contributed by atoms with E-state index in [4.69, 9.17) is 9.47 Å². The number of nitrogens with zero attached hydrogens (tertiary/aromatic N) is 4. The van der Waals surface area contributed by atoms with Crippen molar-refractivity contribution < 1.29 is 9.47 Å². The second-order valence-corrected chi connectivity index (χ2v) is 7.58. The van der Waals surface area contributed by atoms with Crippen molar-refractivity contribution in [1.82, 2.24) is 25.4 Å². The molecule has 1 aliphatic heterocycles. The van der Waals surface area contributed by atoms with Crippen LogP contribution in [0.15, 0.2) is 23.2 Å². The van der Waals surface area contributed by atoms with E-state index in [0.29, 0.717) is 26.3 Å². The molecule has 0 fully saturated rings. The van der Waals surface area contributed by atoms with Crippen molar-refractivity contribution in [2.75, 3.05) is 27.4 Å². The highest BCUT2D eigenvalue weighted by atomic mass is 16.5. The van der Waals surface area contributed by atoms with Crippen LogP contribution < -0.4 is 15.4 Å². The molecule has 1 aromatic carbocycles. The summed E-state index contributed by atoms with van der Waals surface area (Å²) in [6.45, 7) is 5.62. The number of hydrogen-bond acceptors (Lipinski definition) is 5. The smallest absolute Gasteiger partial charge is 0.191 e. The van der Waals surface area contributed by atoms with Gasteiger partial charge in [-0.3, -0.25) is 4.99 Å². The molecular formula is C22H34N6O2. The first-order valence-electron chi connectivity index (χ1n) is 10.8. The SMILES string of the molecule is CN=C(NCc1ccc(C)cc1OCCCOC)NCc1nnc2n1CCCCC2. The maximum absolute atomic E-state index is 5.98. The Bertz CT molecular complexity index is 833. The number of guanidine groups is 1. The van der Waals surface area contributed by atoms with Crippen LogP contribution in [0.5, 0.6) is 5.75 Å². The number of hydrogen-bond donors (Lipinski definition) is 2. The molecule has 0 aliphatic carbocycles. The molecule has 0 bridgehead atoms. The molecule has 1 aromatic heterocycles. The first kappa shape index (κ1) is 22.1. The van der Waals surface area contributed by atoms with E-state index in [2.05, 4.69) is 55.5 Å². The van der Waals surface area contributed by atoms with Crippen molar-refractivity contribution >= 4 is 5.96 Å². The van der Waals surface area contributed by atoms with Crippen molar-refractivity contribution in [1.29, 1.82) is 0 Å². The predicted octanol–water partition coefficient (Wildman–Crippen LogP) is 2.59. The summed E-state index contributed by atoms with van der Waals surface area (Å²) in [6.07, 6.45) is 5.52. The molecule has 30 heavy (non-hydrogen) atoms. The third kappa shape index (κ3) is 6.19. The molecule has 164 valence electrons. The van der Waals surface area contributed by atoms with Crippen molar-refractivity contribution in [2.24, 2.45) is 4.99 Å². The summed E-state index contributed by atoms with van der Waals surface area (Å²) in [5.74, 6) is 3.69. The first-order valence-corrected chi connectivity index (χ1v) is 10.8. The molecule has 8 nitrogen and oxygen atoms in total. The van der Waals surface area contributed by atoms with Crippen molar-refractivity contribution in [3.05, 3.63) is 41.0 Å². The third-order valence-electron chi connectivity index (χ3n) is 5.24. The molecule has 3 rings (SSSR count). The van der Waals surface area contributed by atoms with Gasteiger partial charge in [0.15, 0.2) is 11.8 Å². The van der Waals surface area contributed by atoms with Crippen molar-refractivity contribution in [2.45, 2.75) is 58.7 Å². The number of benzene rings is 1. The minimum Gasteiger partial charge on any atom is -0.493 e. The molecule has 2 N–H and O–H groups in total. The minimum absolute atomic E-state index is 0.598. The number of fused-ring (bicyclic) bond motifs is 1. The van der Waals surface area contributed by atoms with E-state index in [1.807, 2.05) is 0 Å². The molecule has 8 heteroatoms. The van der Waals surface area contributed by atoms with E-state index in [9.17, 15) is 0 Å². The van der Waals surface area contributed by atoms with Crippen LogP contribution in [0.1, 0.15) is 48.5 Å². The Balaban J connectivity index is 1.55. The lowest BCUT2D eigenvalue weighted by Crippen LogP contribution is -2.37. The number of methoxy groups -OCH3 is 1. The Morgan fingerprint density at radius 3 is 2.83 bits per heavy atom. The van der Waals surface area contributed by atoms with Crippen LogP contribution >= 0.6 is 0 Å². The van der Waals surface area contributed by atoms with Crippen LogP contribution in [-0.2, 0) is 30.8 Å². The van der Waals surface area contributed by atoms with Crippen LogP contribution in [0.25, 0.3) is 0 Å². The summed E-state index contributed by atoms with van der Waals surface area (Å²) in [6, 6.07) is 6.27. The Morgan fingerprint density at radius 1 is 1.13 bits per heavy atom. The number of ether oxygens (including phenoxy) is 2. The average molecular weight is 415 g/mol. The summed E-state index contributed by atoms with van der Waals surface area (Å²) in [5, 5.41) is 15.5. The van der Waals surface area contributed by atoms with Gasteiger partial charge in [0, 0.05) is 52.3 Å². The zero-order valence-corrected chi connectivity index (χ0v) is 18.4. The van der Waals surface area contributed by atoms with Crippen LogP contribution in [0.4, 0.5) is 0 Å². The number of aromatic nitrogens is 3. The van der Waals surface area contributed by atoms with E-state index in [0.717, 1.165) is 48.3 Å². The maximum atomic E-state index is 5.98. The molecular weight excluding hydrogens is 380 g/mol. The topological polar surface area (TPSA) is 85.6 Å². The van der Waals surface area contributed by atoms with E-state index < -0.39 is 0 Å². The van der Waals surface area contributed by atoms with Gasteiger partial charge in [0.25, 0.3) is 0 Å². The quantitative estimate of drug-likeness (QED) is 0.373. The lowest BCUT2D eigenvalue weighted by molar-refractivity contribution is 0.171. The fourth-order valence-corrected chi connectivity index (χ4v) is 3.57. The molecule has 0 amide bonds. The second-order valence-electron chi connectivity index (χ2n) is 7.58. The van der Waals surface area contributed by atoms with Gasteiger partial charge >= 0.3 is 0 Å². The fraction of sp³-hybridized carbons (Fsp3) is 0.591. The molecule has 0 unspecified atom stereocenters. The molecule has 0 saturated heterocycles. The predicted molar refractivity (Wildman–Crippen MR) is 118 cm³/mol. The highest BCUT2D eigenvalue weighted by molar-refractivity contribution is 5.79. The summed E-state index contributed by atoms with van der Waals surface area (Å²) < 4.78 is 13.3. The molecule has 0 atom stereocenters. The average Bonchev–Trinajstić information content (AvgIpc) is 2.98. The van der Waals surface area contributed by atoms with E-state index >= 15 is 0 Å². The summed E-state index contributed by atoms with van der Waals surface area (Å²) in [7, 11) is 3.48. The molecule has 0 spiro atoms. The first-order chi connectivity index (χ1) is 14.7. The number of aliphatic imine (C=N–C) groups is 1. The van der Waals surface area contributed by atoms with E-state index in [-0.39, 0.29) is 0 Å². The lowest BCUT2D eigenvalue weighted by Gasteiger charge is -2.16. The van der Waals surface area contributed by atoms with E-state index in [1.165, 1.54) is 24.8 Å². The molecule has 2 aromatic rings. The molecule has 0 radical (unpaired) electrons. The van der Waals surface area contributed by atoms with Crippen LogP contribution in [0.3, 0.4) is 0 Å². The molecule has 0 saturated carbocycles. The molecule has 2 heterocycles. The van der Waals surface area contributed by atoms with Gasteiger partial charge in [-0.1, -0.05) is 18.6 Å². The zero-order chi connectivity index (χ0) is 21.2. The van der Waals surface area contributed by atoms with Gasteiger partial charge in [-0.15, -0.1) is 10.2 Å². The minimum atomic E-state index is 0.598. The standard InChI is InChI=1S/C22H34N6O2/c1-17-9-10-18(19(14-17)30-13-7-12-29-3)15-24-22(23-2)25-16-21-27-26-20-8-5-4-6-11-28(20)21/h9-10,14H,4-8,11-13,15-16H2,1-3H3,(H2,23,24,25). The third-order valence-corrected chi connectivity index (χ3v) is 5.24. The van der Waals surface area contributed by atoms with Crippen LogP contribution in [-0.4, -0.2) is 48.1 Å². The summed E-state index contributed by atoms with van der Waals surface area (Å²) >= 11 is 0. The fourth-order valence-electron chi connectivity index (χ4n) is 3.57. The Morgan fingerprint density at radius 2 is 2.00 bits per heavy atom. The Kier molecular flexibility index (Phi) is 8.50. The van der Waals surface area contributed by atoms with Crippen LogP contribution in [0, 0.1) is 6.92 Å². The maximum Gasteiger partial charge on any atom is 0.191 e. The van der Waals surface area contributed by atoms with Gasteiger partial charge < -0.3 is 24.7 Å². The Labute approximate surface area is 179 Å². The largest absolute Gasteiger partial charge is 0.493 e. The zero-order valence-electron chi connectivity index (χ0n) is 18.4. The van der Waals surface area contributed by atoms with E-state index in [1.54, 1.807) is 14.2 Å². The van der Waals surface area contributed by atoms with Gasteiger partial charge in [0.05, 0.1) is 13.2 Å². The van der Waals surface area contributed by atoms with Gasteiger partial charge in [0.1, 0.15) is 11.6 Å². The van der Waals surface area contributed by atoms with Gasteiger partial charge in [-0.05, 0) is 31.4 Å². The lowest BCUT2D eigenvalue weighted by atomic mass is 10.1. The highest BCUT2D eigenvalue weighted by Crippen LogP contribution is 2.20. The number of rotatable bonds is 9. The number of aryl methyl sites for hydroxylation is 2. The van der Waals surface area contributed by atoms with Gasteiger partial charge in [-0.25, -0.2) is 0 Å². The van der Waals surface area contributed by atoms with Crippen molar-refractivity contribution in [3.8, 4) is 5.75 Å². The summed E-state index contributed by atoms with van der Waals surface area (Å²) in [4.78, 5) is 4.35.